The van der Waals surface area contributed by atoms with Gasteiger partial charge in [-0.25, -0.2) is 4.79 Å². The minimum absolute atomic E-state index is 0.208. The van der Waals surface area contributed by atoms with Gasteiger partial charge >= 0.3 is 6.09 Å². The molecule has 7 heteroatoms. The third-order valence-electron chi connectivity index (χ3n) is 4.82. The zero-order valence-electron chi connectivity index (χ0n) is 17.6. The number of aliphatic imine (C=N–C) groups is 1. The van der Waals surface area contributed by atoms with Crippen LogP contribution in [0.5, 0.6) is 0 Å². The molecule has 158 valence electrons. The number of ether oxygens (including phenoxy) is 1. The van der Waals surface area contributed by atoms with Crippen molar-refractivity contribution in [1.29, 1.82) is 0 Å². The van der Waals surface area contributed by atoms with Crippen molar-refractivity contribution in [2.24, 2.45) is 10.9 Å². The highest BCUT2D eigenvalue weighted by Crippen LogP contribution is 2.11. The number of likely N-dealkylation sites (tertiary alicyclic amines) is 1. The second-order valence-corrected chi connectivity index (χ2v) is 7.63. The smallest absolute Gasteiger partial charge is 0.409 e. The van der Waals surface area contributed by atoms with Crippen molar-refractivity contribution >= 4 is 12.1 Å². The van der Waals surface area contributed by atoms with Gasteiger partial charge in [0, 0.05) is 38.6 Å². The van der Waals surface area contributed by atoms with E-state index in [-0.39, 0.29) is 6.09 Å². The lowest BCUT2D eigenvalue weighted by molar-refractivity contribution is 0.0963. The lowest BCUT2D eigenvalue weighted by Crippen LogP contribution is -2.50. The van der Waals surface area contributed by atoms with Crippen LogP contribution in [0.15, 0.2) is 27.8 Å². The van der Waals surface area contributed by atoms with Gasteiger partial charge in [0.15, 0.2) is 5.96 Å². The average molecular weight is 393 g/mol. The first-order valence-electron chi connectivity index (χ1n) is 10.6. The Morgan fingerprint density at radius 2 is 2.18 bits per heavy atom. The van der Waals surface area contributed by atoms with E-state index in [1.165, 1.54) is 6.42 Å². The van der Waals surface area contributed by atoms with Crippen LogP contribution >= 0.6 is 0 Å². The molecule has 0 aromatic carbocycles. The maximum Gasteiger partial charge on any atom is 0.409 e. The number of piperidine rings is 1. The first-order chi connectivity index (χ1) is 13.6. The fraction of sp³-hybridized carbons (Fsp3) is 0.714. The summed E-state index contributed by atoms with van der Waals surface area (Å²) in [6.07, 6.45) is 6.37. The van der Waals surface area contributed by atoms with Crippen molar-refractivity contribution in [3.63, 3.8) is 0 Å². The topological polar surface area (TPSA) is 79.1 Å². The SMILES string of the molecule is CCOC(=O)N1CCC(NC(=NCCCC(C)C)NCCc2ccco2)CC1. The van der Waals surface area contributed by atoms with Crippen molar-refractivity contribution in [2.75, 3.05) is 32.8 Å². The summed E-state index contributed by atoms with van der Waals surface area (Å²) < 4.78 is 10.5. The minimum Gasteiger partial charge on any atom is -0.469 e. The number of furan rings is 1. The Morgan fingerprint density at radius 1 is 1.39 bits per heavy atom. The van der Waals surface area contributed by atoms with Crippen molar-refractivity contribution in [3.05, 3.63) is 24.2 Å². The quantitative estimate of drug-likeness (QED) is 0.382. The summed E-state index contributed by atoms with van der Waals surface area (Å²) in [4.78, 5) is 18.4. The van der Waals surface area contributed by atoms with Gasteiger partial charge in [0.1, 0.15) is 5.76 Å². The van der Waals surface area contributed by atoms with Gasteiger partial charge in [0.05, 0.1) is 12.9 Å². The van der Waals surface area contributed by atoms with E-state index in [4.69, 9.17) is 14.1 Å². The molecule has 2 rings (SSSR count). The fourth-order valence-electron chi connectivity index (χ4n) is 3.22. The molecular formula is C21H36N4O3. The first-order valence-corrected chi connectivity index (χ1v) is 10.6. The second kappa shape index (κ2) is 12.3. The van der Waals surface area contributed by atoms with Crippen LogP contribution in [0.25, 0.3) is 0 Å². The van der Waals surface area contributed by atoms with Crippen LogP contribution in [0.2, 0.25) is 0 Å². The Hall–Kier alpha value is -2.18. The molecule has 1 fully saturated rings. The second-order valence-electron chi connectivity index (χ2n) is 7.63. The van der Waals surface area contributed by atoms with Crippen LogP contribution in [-0.2, 0) is 11.2 Å². The van der Waals surface area contributed by atoms with Crippen LogP contribution in [0, 0.1) is 5.92 Å². The number of nitrogens with one attached hydrogen (secondary N) is 2. The molecule has 2 N–H and O–H groups in total. The lowest BCUT2D eigenvalue weighted by Gasteiger charge is -2.32. The molecule has 7 nitrogen and oxygen atoms in total. The summed E-state index contributed by atoms with van der Waals surface area (Å²) in [6.45, 7) is 9.74. The highest BCUT2D eigenvalue weighted by Gasteiger charge is 2.24. The largest absolute Gasteiger partial charge is 0.469 e. The summed E-state index contributed by atoms with van der Waals surface area (Å²) >= 11 is 0. The zero-order valence-corrected chi connectivity index (χ0v) is 17.6. The monoisotopic (exact) mass is 392 g/mol. The molecule has 1 aromatic heterocycles. The van der Waals surface area contributed by atoms with Crippen LogP contribution in [0.4, 0.5) is 4.79 Å². The minimum atomic E-state index is -0.208. The van der Waals surface area contributed by atoms with Gasteiger partial charge in [-0.3, -0.25) is 4.99 Å². The van der Waals surface area contributed by atoms with Crippen molar-refractivity contribution in [2.45, 2.75) is 58.9 Å². The molecular weight excluding hydrogens is 356 g/mol. The Morgan fingerprint density at radius 3 is 2.82 bits per heavy atom. The van der Waals surface area contributed by atoms with Gasteiger partial charge in [0.2, 0.25) is 0 Å². The maximum atomic E-state index is 11.8. The molecule has 0 atom stereocenters. The highest BCUT2D eigenvalue weighted by molar-refractivity contribution is 5.80. The van der Waals surface area contributed by atoms with Crippen LogP contribution < -0.4 is 10.6 Å². The van der Waals surface area contributed by atoms with E-state index >= 15 is 0 Å². The van der Waals surface area contributed by atoms with E-state index in [2.05, 4.69) is 24.5 Å². The standard InChI is InChI=1S/C21H36N4O3/c1-4-27-21(26)25-14-10-18(11-15-25)24-20(22-12-5-7-17(2)3)23-13-9-19-8-6-16-28-19/h6,8,16-18H,4-5,7,9-15H2,1-3H3,(H2,22,23,24). The number of carbonyl (C=O) groups is 1. The summed E-state index contributed by atoms with van der Waals surface area (Å²) in [5.41, 5.74) is 0. The first kappa shape index (κ1) is 22.1. The third kappa shape index (κ3) is 8.23. The number of carbonyl (C=O) groups excluding carboxylic acids is 1. The summed E-state index contributed by atoms with van der Waals surface area (Å²) in [7, 11) is 0. The molecule has 0 radical (unpaired) electrons. The van der Waals surface area contributed by atoms with Crippen LogP contribution in [0.1, 0.15) is 52.2 Å². The summed E-state index contributed by atoms with van der Waals surface area (Å²) in [5, 5.41) is 6.97. The van der Waals surface area contributed by atoms with Crippen LogP contribution in [0.3, 0.4) is 0 Å². The molecule has 0 bridgehead atoms. The van der Waals surface area contributed by atoms with Crippen LogP contribution in [-0.4, -0.2) is 55.8 Å². The van der Waals surface area contributed by atoms with Gasteiger partial charge in [0.25, 0.3) is 0 Å². The van der Waals surface area contributed by atoms with Crippen molar-refractivity contribution in [1.82, 2.24) is 15.5 Å². The van der Waals surface area contributed by atoms with E-state index in [0.717, 1.165) is 50.5 Å². The van der Waals surface area contributed by atoms with Gasteiger partial charge in [-0.2, -0.15) is 0 Å². The van der Waals surface area contributed by atoms with Gasteiger partial charge in [-0.15, -0.1) is 0 Å². The molecule has 2 heterocycles. The summed E-state index contributed by atoms with van der Waals surface area (Å²) in [6, 6.07) is 4.21. The van der Waals surface area contributed by atoms with Crippen molar-refractivity contribution < 1.29 is 13.9 Å². The Balaban J connectivity index is 1.80. The van der Waals surface area contributed by atoms with Crippen molar-refractivity contribution in [3.8, 4) is 0 Å². The van der Waals surface area contributed by atoms with E-state index in [1.807, 2.05) is 19.1 Å². The number of hydrogen-bond donors (Lipinski definition) is 2. The molecule has 1 aromatic rings. The van der Waals surface area contributed by atoms with E-state index in [9.17, 15) is 4.79 Å². The number of amides is 1. The normalized spacial score (nSPS) is 15.7. The Labute approximate surface area is 168 Å². The number of hydrogen-bond acceptors (Lipinski definition) is 4. The number of nitrogens with zero attached hydrogens (tertiary/aromatic N) is 2. The molecule has 0 saturated carbocycles. The lowest BCUT2D eigenvalue weighted by atomic mass is 10.1. The number of guanidine groups is 1. The maximum absolute atomic E-state index is 11.8. The van der Waals surface area contributed by atoms with E-state index in [0.29, 0.717) is 31.7 Å². The molecule has 0 aliphatic carbocycles. The molecule has 1 saturated heterocycles. The predicted octanol–water partition coefficient (Wildman–Crippen LogP) is 3.41. The predicted molar refractivity (Wildman–Crippen MR) is 112 cm³/mol. The zero-order chi connectivity index (χ0) is 20.2. The number of rotatable bonds is 9. The van der Waals surface area contributed by atoms with Gasteiger partial charge < -0.3 is 24.7 Å². The Bertz CT molecular complexity index is 578. The van der Waals surface area contributed by atoms with E-state index in [1.54, 1.807) is 11.2 Å². The Kier molecular flexibility index (Phi) is 9.72. The van der Waals surface area contributed by atoms with Gasteiger partial charge in [-0.1, -0.05) is 13.8 Å². The molecule has 0 spiro atoms. The summed E-state index contributed by atoms with van der Waals surface area (Å²) in [5.74, 6) is 2.52. The third-order valence-corrected chi connectivity index (χ3v) is 4.82. The molecule has 1 amide bonds. The van der Waals surface area contributed by atoms with Gasteiger partial charge in [-0.05, 0) is 50.7 Å². The molecule has 28 heavy (non-hydrogen) atoms. The fourth-order valence-corrected chi connectivity index (χ4v) is 3.22. The molecule has 1 aliphatic rings. The van der Waals surface area contributed by atoms with E-state index < -0.39 is 0 Å². The molecule has 0 unspecified atom stereocenters. The molecule has 1 aliphatic heterocycles. The highest BCUT2D eigenvalue weighted by atomic mass is 16.6. The average Bonchev–Trinajstić information content (AvgIpc) is 3.19.